The molecule has 0 unspecified atom stereocenters. The summed E-state index contributed by atoms with van der Waals surface area (Å²) in [6.45, 7) is 3.00. The van der Waals surface area contributed by atoms with Crippen molar-refractivity contribution < 1.29 is 4.79 Å². The van der Waals surface area contributed by atoms with Crippen LogP contribution in [0.25, 0.3) is 6.08 Å². The van der Waals surface area contributed by atoms with Crippen LogP contribution in [0.4, 0.5) is 5.69 Å². The summed E-state index contributed by atoms with van der Waals surface area (Å²) in [7, 11) is 0. The molecular weight excluding hydrogens is 236 g/mol. The summed E-state index contributed by atoms with van der Waals surface area (Å²) in [6, 6.07) is 7.47. The zero-order valence-corrected chi connectivity index (χ0v) is 11.5. The van der Waals surface area contributed by atoms with Crippen LogP contribution in [0.5, 0.6) is 0 Å². The normalized spacial score (nSPS) is 17.1. The molecule has 1 aliphatic carbocycles. The van der Waals surface area contributed by atoms with Gasteiger partial charge in [-0.05, 0) is 48.4 Å². The maximum atomic E-state index is 11.8. The Labute approximate surface area is 114 Å². The molecule has 1 aliphatic rings. The molecule has 1 saturated carbocycles. The van der Waals surface area contributed by atoms with Crippen molar-refractivity contribution in [2.24, 2.45) is 5.41 Å². The third-order valence-corrected chi connectivity index (χ3v) is 4.17. The van der Waals surface area contributed by atoms with Gasteiger partial charge in [0.15, 0.2) is 0 Å². The minimum atomic E-state index is -0.0171. The number of carbonyl (C=O) groups is 1. The number of carbonyl (C=O) groups excluding carboxylic acids is 1. The summed E-state index contributed by atoms with van der Waals surface area (Å²) < 4.78 is 0. The number of nitrogens with two attached hydrogens (primary N) is 1. The third kappa shape index (κ3) is 3.60. The highest BCUT2D eigenvalue weighted by molar-refractivity contribution is 5.91. The van der Waals surface area contributed by atoms with Crippen LogP contribution in [0.2, 0.25) is 0 Å². The quantitative estimate of drug-likeness (QED) is 0.630. The van der Waals surface area contributed by atoms with Gasteiger partial charge in [0, 0.05) is 18.3 Å². The van der Waals surface area contributed by atoms with E-state index >= 15 is 0 Å². The molecule has 3 N–H and O–H groups in total. The SMILES string of the molecule is CCC1(CNC(=O)/C=C/c2ccc(N)cc2)CCC1. The Morgan fingerprint density at radius 3 is 2.58 bits per heavy atom. The van der Waals surface area contributed by atoms with Crippen molar-refractivity contribution >= 4 is 17.7 Å². The van der Waals surface area contributed by atoms with E-state index in [9.17, 15) is 4.79 Å². The van der Waals surface area contributed by atoms with Crippen molar-refractivity contribution in [3.63, 3.8) is 0 Å². The number of benzene rings is 1. The van der Waals surface area contributed by atoms with Crippen LogP contribution in [0, 0.1) is 5.41 Å². The molecule has 0 radical (unpaired) electrons. The number of nitrogen functional groups attached to an aromatic ring is 1. The molecule has 1 aromatic rings. The lowest BCUT2D eigenvalue weighted by molar-refractivity contribution is -0.117. The first-order valence-corrected chi connectivity index (χ1v) is 6.95. The topological polar surface area (TPSA) is 55.1 Å². The molecule has 0 aliphatic heterocycles. The van der Waals surface area contributed by atoms with Crippen molar-refractivity contribution in [2.75, 3.05) is 12.3 Å². The van der Waals surface area contributed by atoms with Gasteiger partial charge in [-0.1, -0.05) is 25.5 Å². The summed E-state index contributed by atoms with van der Waals surface area (Å²) in [4.78, 5) is 11.8. The van der Waals surface area contributed by atoms with Gasteiger partial charge in [-0.3, -0.25) is 4.79 Å². The van der Waals surface area contributed by atoms with Gasteiger partial charge in [-0.15, -0.1) is 0 Å². The average molecular weight is 258 g/mol. The zero-order chi connectivity index (χ0) is 13.7. The highest BCUT2D eigenvalue weighted by atomic mass is 16.1. The number of nitrogens with one attached hydrogen (secondary N) is 1. The van der Waals surface area contributed by atoms with Crippen LogP contribution in [-0.4, -0.2) is 12.5 Å². The van der Waals surface area contributed by atoms with Crippen molar-refractivity contribution in [1.82, 2.24) is 5.32 Å². The van der Waals surface area contributed by atoms with E-state index in [0.29, 0.717) is 5.41 Å². The molecular formula is C16H22N2O. The molecule has 1 aromatic carbocycles. The second-order valence-corrected chi connectivity index (χ2v) is 5.42. The molecule has 1 amide bonds. The Hall–Kier alpha value is -1.77. The highest BCUT2D eigenvalue weighted by Gasteiger charge is 2.34. The first-order valence-electron chi connectivity index (χ1n) is 6.95. The third-order valence-electron chi connectivity index (χ3n) is 4.17. The maximum absolute atomic E-state index is 11.8. The predicted octanol–water partition coefficient (Wildman–Crippen LogP) is 2.98. The average Bonchev–Trinajstić information content (AvgIpc) is 2.37. The molecule has 2 rings (SSSR count). The molecule has 3 heteroatoms. The smallest absolute Gasteiger partial charge is 0.244 e. The Bertz CT molecular complexity index is 453. The lowest BCUT2D eigenvalue weighted by Gasteiger charge is -2.41. The highest BCUT2D eigenvalue weighted by Crippen LogP contribution is 2.42. The van der Waals surface area contributed by atoms with E-state index in [1.54, 1.807) is 6.08 Å². The fourth-order valence-corrected chi connectivity index (χ4v) is 2.44. The lowest BCUT2D eigenvalue weighted by Crippen LogP contribution is -2.41. The first-order chi connectivity index (χ1) is 9.13. The lowest BCUT2D eigenvalue weighted by atomic mass is 9.67. The van der Waals surface area contributed by atoms with Gasteiger partial charge in [-0.2, -0.15) is 0 Å². The summed E-state index contributed by atoms with van der Waals surface area (Å²) in [5, 5.41) is 3.01. The van der Waals surface area contributed by atoms with Crippen LogP contribution in [0.3, 0.4) is 0 Å². The molecule has 1 fully saturated rings. The largest absolute Gasteiger partial charge is 0.399 e. The zero-order valence-electron chi connectivity index (χ0n) is 11.5. The predicted molar refractivity (Wildman–Crippen MR) is 79.5 cm³/mol. The van der Waals surface area contributed by atoms with Gasteiger partial charge in [-0.25, -0.2) is 0 Å². The Morgan fingerprint density at radius 1 is 1.37 bits per heavy atom. The maximum Gasteiger partial charge on any atom is 0.244 e. The van der Waals surface area contributed by atoms with Crippen molar-refractivity contribution in [3.8, 4) is 0 Å². The summed E-state index contributed by atoms with van der Waals surface area (Å²) in [6.07, 6.45) is 8.33. The van der Waals surface area contributed by atoms with Gasteiger partial charge >= 0.3 is 0 Å². The number of rotatable bonds is 5. The van der Waals surface area contributed by atoms with E-state index < -0.39 is 0 Å². The molecule has 0 spiro atoms. The number of anilines is 1. The van der Waals surface area contributed by atoms with E-state index in [1.165, 1.54) is 19.3 Å². The molecule has 0 atom stereocenters. The Balaban J connectivity index is 1.82. The van der Waals surface area contributed by atoms with Gasteiger partial charge in [0.2, 0.25) is 5.91 Å². The minimum absolute atomic E-state index is 0.0171. The van der Waals surface area contributed by atoms with Gasteiger partial charge in [0.1, 0.15) is 0 Å². The van der Waals surface area contributed by atoms with E-state index in [-0.39, 0.29) is 5.91 Å². The molecule has 102 valence electrons. The Kier molecular flexibility index (Phi) is 4.25. The Morgan fingerprint density at radius 2 is 2.05 bits per heavy atom. The van der Waals surface area contributed by atoms with Crippen molar-refractivity contribution in [1.29, 1.82) is 0 Å². The molecule has 19 heavy (non-hydrogen) atoms. The molecule has 3 nitrogen and oxygen atoms in total. The second kappa shape index (κ2) is 5.91. The number of hydrogen-bond donors (Lipinski definition) is 2. The van der Waals surface area contributed by atoms with Crippen LogP contribution < -0.4 is 11.1 Å². The number of hydrogen-bond acceptors (Lipinski definition) is 2. The fourth-order valence-electron chi connectivity index (χ4n) is 2.44. The second-order valence-electron chi connectivity index (χ2n) is 5.42. The van der Waals surface area contributed by atoms with Crippen LogP contribution in [0.1, 0.15) is 38.2 Å². The van der Waals surface area contributed by atoms with Crippen molar-refractivity contribution in [2.45, 2.75) is 32.6 Å². The van der Waals surface area contributed by atoms with Crippen molar-refractivity contribution in [3.05, 3.63) is 35.9 Å². The van der Waals surface area contributed by atoms with E-state index in [4.69, 9.17) is 5.73 Å². The molecule has 0 bridgehead atoms. The van der Waals surface area contributed by atoms with Gasteiger partial charge in [0.05, 0.1) is 0 Å². The van der Waals surface area contributed by atoms with E-state index in [1.807, 2.05) is 30.3 Å². The summed E-state index contributed by atoms with van der Waals surface area (Å²) in [5.74, 6) is -0.0171. The van der Waals surface area contributed by atoms with E-state index in [2.05, 4.69) is 12.2 Å². The van der Waals surface area contributed by atoms with E-state index in [0.717, 1.165) is 24.2 Å². The number of amides is 1. The van der Waals surface area contributed by atoms with Crippen LogP contribution in [-0.2, 0) is 4.79 Å². The van der Waals surface area contributed by atoms with Crippen LogP contribution >= 0.6 is 0 Å². The first kappa shape index (κ1) is 13.7. The van der Waals surface area contributed by atoms with Crippen LogP contribution in [0.15, 0.2) is 30.3 Å². The molecule has 0 saturated heterocycles. The fraction of sp³-hybridized carbons (Fsp3) is 0.438. The minimum Gasteiger partial charge on any atom is -0.399 e. The molecule has 0 aromatic heterocycles. The van der Waals surface area contributed by atoms with Gasteiger partial charge < -0.3 is 11.1 Å². The summed E-state index contributed by atoms with van der Waals surface area (Å²) >= 11 is 0. The van der Waals surface area contributed by atoms with Gasteiger partial charge in [0.25, 0.3) is 0 Å². The molecule has 0 heterocycles. The monoisotopic (exact) mass is 258 g/mol. The summed E-state index contributed by atoms with van der Waals surface area (Å²) in [5.41, 5.74) is 7.69. The standard InChI is InChI=1S/C16H22N2O/c1-2-16(10-3-11-16)12-18-15(19)9-6-13-4-7-14(17)8-5-13/h4-9H,2-3,10-12,17H2,1H3,(H,18,19)/b9-6+.